The zero-order valence-corrected chi connectivity index (χ0v) is 23.3. The molecular weight excluding hydrogens is 524 g/mol. The summed E-state index contributed by atoms with van der Waals surface area (Å²) >= 11 is 0. The second kappa shape index (κ2) is 10.5. The zero-order valence-electron chi connectivity index (χ0n) is 23.3. The van der Waals surface area contributed by atoms with Crippen LogP contribution in [0.5, 0.6) is 0 Å². The molecule has 43 heavy (non-hydrogen) atoms. The van der Waals surface area contributed by atoms with Crippen molar-refractivity contribution in [3.63, 3.8) is 0 Å². The van der Waals surface area contributed by atoms with E-state index in [-0.39, 0.29) is 0 Å². The van der Waals surface area contributed by atoms with Crippen molar-refractivity contribution in [3.8, 4) is 51.0 Å². The van der Waals surface area contributed by atoms with E-state index >= 15 is 0 Å². The second-order valence-corrected chi connectivity index (χ2v) is 10.5. The molecule has 4 heteroatoms. The molecule has 6 aromatic carbocycles. The molecule has 8 aromatic rings. The first-order chi connectivity index (χ1) is 21.3. The van der Waals surface area contributed by atoms with Crippen LogP contribution in [0.3, 0.4) is 0 Å². The molecule has 0 bridgehead atoms. The molecule has 0 saturated carbocycles. The minimum absolute atomic E-state index is 0.586. The highest BCUT2D eigenvalue weighted by Gasteiger charge is 2.21. The van der Waals surface area contributed by atoms with Crippen LogP contribution in [0.2, 0.25) is 0 Å². The Morgan fingerprint density at radius 1 is 0.349 bits per heavy atom. The average Bonchev–Trinajstić information content (AvgIpc) is 3.43. The summed E-state index contributed by atoms with van der Waals surface area (Å²) in [5.41, 5.74) is 8.37. The van der Waals surface area contributed by atoms with E-state index in [9.17, 15) is 0 Å². The van der Waals surface area contributed by atoms with Gasteiger partial charge in [-0.2, -0.15) is 9.97 Å². The number of nitrogens with zero attached hydrogens (tertiary/aromatic N) is 4. The van der Waals surface area contributed by atoms with Crippen LogP contribution in [0.4, 0.5) is 0 Å². The second-order valence-electron chi connectivity index (χ2n) is 10.5. The quantitative estimate of drug-likeness (QED) is 0.214. The van der Waals surface area contributed by atoms with E-state index in [1.54, 1.807) is 0 Å². The first kappa shape index (κ1) is 24.9. The molecule has 0 N–H and O–H groups in total. The van der Waals surface area contributed by atoms with E-state index in [4.69, 9.17) is 15.0 Å². The minimum atomic E-state index is 0.586. The number of para-hydroxylation sites is 2. The van der Waals surface area contributed by atoms with E-state index < -0.39 is 0 Å². The highest BCUT2D eigenvalue weighted by Crippen LogP contribution is 2.40. The molecule has 2 aromatic heterocycles. The lowest BCUT2D eigenvalue weighted by molar-refractivity contribution is 0.954. The van der Waals surface area contributed by atoms with Gasteiger partial charge in [0.1, 0.15) is 0 Å². The van der Waals surface area contributed by atoms with Gasteiger partial charge in [0.15, 0.2) is 11.6 Å². The molecule has 0 radical (unpaired) electrons. The van der Waals surface area contributed by atoms with Crippen LogP contribution in [-0.4, -0.2) is 19.5 Å². The summed E-state index contributed by atoms with van der Waals surface area (Å²) in [4.78, 5) is 15.6. The number of benzene rings is 6. The third kappa shape index (κ3) is 4.37. The fraction of sp³-hybridized carbons (Fsp3) is 0. The van der Waals surface area contributed by atoms with Crippen molar-refractivity contribution in [2.75, 3.05) is 0 Å². The van der Waals surface area contributed by atoms with Crippen LogP contribution in [0.1, 0.15) is 0 Å². The Hall–Kier alpha value is -5.87. The molecule has 0 fully saturated rings. The van der Waals surface area contributed by atoms with E-state index in [0.717, 1.165) is 55.2 Å². The molecule has 0 unspecified atom stereocenters. The van der Waals surface area contributed by atoms with Gasteiger partial charge in [-0.3, -0.25) is 4.57 Å². The van der Waals surface area contributed by atoms with E-state index in [0.29, 0.717) is 17.6 Å². The molecule has 2 heterocycles. The standard InChI is InChI=1S/C39H26N4/c1-4-15-27(16-5-1)30-23-14-24-31(28-17-6-2-7-18-28)36(30)38-40-37(29-19-8-3-9-20-29)41-39(42-38)43-34-25-12-10-21-32(34)33-22-11-13-26-35(33)43/h1-26H. The molecule has 0 spiro atoms. The van der Waals surface area contributed by atoms with Crippen LogP contribution in [-0.2, 0) is 0 Å². The maximum absolute atomic E-state index is 5.28. The van der Waals surface area contributed by atoms with Gasteiger partial charge in [0.05, 0.1) is 11.0 Å². The van der Waals surface area contributed by atoms with Gasteiger partial charge >= 0.3 is 0 Å². The molecule has 4 nitrogen and oxygen atoms in total. The molecule has 0 aliphatic heterocycles. The topological polar surface area (TPSA) is 43.6 Å². The van der Waals surface area contributed by atoms with Gasteiger partial charge in [0.2, 0.25) is 5.95 Å². The van der Waals surface area contributed by atoms with Gasteiger partial charge in [0.25, 0.3) is 0 Å². The summed E-state index contributed by atoms with van der Waals surface area (Å²) < 4.78 is 2.16. The van der Waals surface area contributed by atoms with E-state index in [1.807, 2.05) is 30.3 Å². The molecule has 0 aliphatic carbocycles. The lowest BCUT2D eigenvalue weighted by atomic mass is 9.91. The van der Waals surface area contributed by atoms with Crippen molar-refractivity contribution < 1.29 is 0 Å². The number of aromatic nitrogens is 4. The van der Waals surface area contributed by atoms with Crippen LogP contribution >= 0.6 is 0 Å². The highest BCUT2D eigenvalue weighted by atomic mass is 15.2. The van der Waals surface area contributed by atoms with Crippen molar-refractivity contribution in [3.05, 3.63) is 158 Å². The monoisotopic (exact) mass is 550 g/mol. The molecule has 0 saturated heterocycles. The summed E-state index contributed by atoms with van der Waals surface area (Å²) in [6.07, 6.45) is 0. The van der Waals surface area contributed by atoms with Crippen molar-refractivity contribution in [1.29, 1.82) is 0 Å². The lowest BCUT2D eigenvalue weighted by Crippen LogP contribution is -2.07. The third-order valence-corrected chi connectivity index (χ3v) is 7.89. The summed E-state index contributed by atoms with van der Waals surface area (Å²) in [7, 11) is 0. The van der Waals surface area contributed by atoms with Crippen LogP contribution in [0, 0.1) is 0 Å². The third-order valence-electron chi connectivity index (χ3n) is 7.89. The number of rotatable bonds is 5. The maximum atomic E-state index is 5.28. The van der Waals surface area contributed by atoms with Crippen molar-refractivity contribution in [1.82, 2.24) is 19.5 Å². The highest BCUT2D eigenvalue weighted by molar-refractivity contribution is 6.09. The van der Waals surface area contributed by atoms with Gasteiger partial charge in [0, 0.05) is 21.9 Å². The lowest BCUT2D eigenvalue weighted by Gasteiger charge is -2.17. The molecular formula is C39H26N4. The fourth-order valence-corrected chi connectivity index (χ4v) is 5.94. The molecule has 0 aliphatic rings. The minimum Gasteiger partial charge on any atom is -0.278 e. The van der Waals surface area contributed by atoms with Crippen LogP contribution in [0.15, 0.2) is 158 Å². The Labute approximate surface area is 249 Å². The molecule has 0 amide bonds. The summed E-state index contributed by atoms with van der Waals surface area (Å²) in [6, 6.07) is 54.4. The largest absolute Gasteiger partial charge is 0.278 e. The number of hydrogen-bond acceptors (Lipinski definition) is 3. The van der Waals surface area contributed by atoms with Crippen molar-refractivity contribution in [2.45, 2.75) is 0 Å². The molecule has 8 rings (SSSR count). The SMILES string of the molecule is c1ccc(-c2nc(-c3c(-c4ccccc4)cccc3-c3ccccc3)nc(-n3c4ccccc4c4ccccc43)n2)cc1. The van der Waals surface area contributed by atoms with Gasteiger partial charge in [-0.1, -0.05) is 146 Å². The molecule has 202 valence electrons. The first-order valence-corrected chi connectivity index (χ1v) is 14.4. The van der Waals surface area contributed by atoms with Crippen LogP contribution in [0.25, 0.3) is 72.8 Å². The number of hydrogen-bond donors (Lipinski definition) is 0. The Morgan fingerprint density at radius 3 is 1.33 bits per heavy atom. The van der Waals surface area contributed by atoms with Gasteiger partial charge in [-0.05, 0) is 34.4 Å². The fourth-order valence-electron chi connectivity index (χ4n) is 5.94. The smallest absolute Gasteiger partial charge is 0.238 e. The molecule has 0 atom stereocenters. The summed E-state index contributed by atoms with van der Waals surface area (Å²) in [5, 5.41) is 2.33. The predicted octanol–water partition coefficient (Wildman–Crippen LogP) is 9.64. The van der Waals surface area contributed by atoms with Crippen LogP contribution < -0.4 is 0 Å². The Bertz CT molecular complexity index is 2110. The Morgan fingerprint density at radius 2 is 0.791 bits per heavy atom. The Balaban J connectivity index is 1.49. The van der Waals surface area contributed by atoms with Gasteiger partial charge in [-0.25, -0.2) is 4.98 Å². The predicted molar refractivity (Wildman–Crippen MR) is 176 cm³/mol. The average molecular weight is 551 g/mol. The normalized spacial score (nSPS) is 11.3. The van der Waals surface area contributed by atoms with Gasteiger partial charge < -0.3 is 0 Å². The van der Waals surface area contributed by atoms with E-state index in [1.165, 1.54) is 0 Å². The summed E-state index contributed by atoms with van der Waals surface area (Å²) in [5.74, 6) is 1.84. The Kier molecular flexibility index (Phi) is 6.08. The summed E-state index contributed by atoms with van der Waals surface area (Å²) in [6.45, 7) is 0. The first-order valence-electron chi connectivity index (χ1n) is 14.4. The zero-order chi connectivity index (χ0) is 28.6. The van der Waals surface area contributed by atoms with Crippen molar-refractivity contribution in [2.24, 2.45) is 0 Å². The van der Waals surface area contributed by atoms with E-state index in [2.05, 4.69) is 132 Å². The van der Waals surface area contributed by atoms with Crippen molar-refractivity contribution >= 4 is 21.8 Å². The maximum Gasteiger partial charge on any atom is 0.238 e. The number of fused-ring (bicyclic) bond motifs is 3. The van der Waals surface area contributed by atoms with Gasteiger partial charge in [-0.15, -0.1) is 0 Å².